The Morgan fingerprint density at radius 1 is 0.947 bits per heavy atom. The molecule has 1 N–H and O–H groups in total. The number of nitrogens with one attached hydrogen (secondary N) is 1. The molecule has 1 fully saturated rings. The van der Waals surface area contributed by atoms with Crippen LogP contribution in [-0.2, 0) is 19.7 Å². The number of nitrogens with zero attached hydrogens (tertiary/aromatic N) is 1. The summed E-state index contributed by atoms with van der Waals surface area (Å²) in [5.41, 5.74) is 1.66. The number of carbonyl (C=O) groups excluding carboxylic acids is 2. The van der Waals surface area contributed by atoms with Gasteiger partial charge in [-0.1, -0.05) is 55.0 Å². The van der Waals surface area contributed by atoms with E-state index in [9.17, 15) is 22.8 Å². The van der Waals surface area contributed by atoms with E-state index in [4.69, 9.17) is 4.74 Å². The minimum atomic E-state index is -4.49. The summed E-state index contributed by atoms with van der Waals surface area (Å²) in [4.78, 5) is 28.3. The number of ether oxygens (including phenoxy) is 1. The monoisotopic (exact) mass is 530 g/mol. The van der Waals surface area contributed by atoms with Crippen molar-refractivity contribution >= 4 is 11.9 Å². The maximum absolute atomic E-state index is 13.6. The summed E-state index contributed by atoms with van der Waals surface area (Å²) in [6, 6.07) is 15.1. The molecule has 1 aliphatic carbocycles. The van der Waals surface area contributed by atoms with Gasteiger partial charge in [-0.15, -0.1) is 0 Å². The average Bonchev–Trinajstić information content (AvgIpc) is 3.15. The van der Waals surface area contributed by atoms with Crippen LogP contribution in [0, 0.1) is 5.92 Å². The number of rotatable bonds is 8. The number of fused-ring (bicyclic) bond motifs is 3. The fraction of sp³-hybridized carbons (Fsp3) is 0.533. The van der Waals surface area contributed by atoms with Crippen molar-refractivity contribution in [3.8, 4) is 11.1 Å². The highest BCUT2D eigenvalue weighted by atomic mass is 19.4. The lowest BCUT2D eigenvalue weighted by atomic mass is 9.73. The zero-order valence-corrected chi connectivity index (χ0v) is 22.4. The molecule has 1 heterocycles. The molecule has 0 saturated carbocycles. The Labute approximate surface area is 222 Å². The third kappa shape index (κ3) is 6.22. The first-order valence-electron chi connectivity index (χ1n) is 13.4. The van der Waals surface area contributed by atoms with Gasteiger partial charge < -0.3 is 15.0 Å². The number of carbonyl (C=O) groups is 2. The molecule has 0 aromatic heterocycles. The Morgan fingerprint density at radius 3 is 2.03 bits per heavy atom. The van der Waals surface area contributed by atoms with Crippen molar-refractivity contribution in [2.75, 3.05) is 26.2 Å². The van der Waals surface area contributed by atoms with Gasteiger partial charge in [-0.05, 0) is 88.3 Å². The highest BCUT2D eigenvalue weighted by molar-refractivity contribution is 6.00. The van der Waals surface area contributed by atoms with Gasteiger partial charge in [0, 0.05) is 0 Å². The normalized spacial score (nSPS) is 17.5. The van der Waals surface area contributed by atoms with E-state index < -0.39 is 29.6 Å². The topological polar surface area (TPSA) is 58.6 Å². The first kappa shape index (κ1) is 28.1. The lowest BCUT2D eigenvalue weighted by Crippen LogP contribution is -2.47. The number of halogens is 3. The summed E-state index contributed by atoms with van der Waals surface area (Å²) in [7, 11) is 0. The van der Waals surface area contributed by atoms with Crippen molar-refractivity contribution in [1.82, 2.24) is 10.2 Å². The van der Waals surface area contributed by atoms with Gasteiger partial charge >= 0.3 is 12.1 Å². The smallest absolute Gasteiger partial charge is 0.405 e. The van der Waals surface area contributed by atoms with Crippen LogP contribution in [0.1, 0.15) is 64.0 Å². The number of hydrogen-bond donors (Lipinski definition) is 1. The van der Waals surface area contributed by atoms with Crippen LogP contribution >= 0.6 is 0 Å². The Balaban J connectivity index is 1.43. The fourth-order valence-electron chi connectivity index (χ4n) is 5.79. The molecule has 1 saturated heterocycles. The summed E-state index contributed by atoms with van der Waals surface area (Å²) < 4.78 is 44.7. The predicted molar refractivity (Wildman–Crippen MR) is 141 cm³/mol. The van der Waals surface area contributed by atoms with E-state index in [1.165, 1.54) is 0 Å². The largest absolute Gasteiger partial charge is 0.460 e. The van der Waals surface area contributed by atoms with Gasteiger partial charge in [0.05, 0.1) is 5.92 Å². The van der Waals surface area contributed by atoms with E-state index in [1.54, 1.807) is 0 Å². The van der Waals surface area contributed by atoms with Gasteiger partial charge in [-0.3, -0.25) is 9.59 Å². The number of unbranched alkanes of at least 4 members (excludes halogenated alkanes) is 1. The second-order valence-electron chi connectivity index (χ2n) is 11.4. The lowest BCUT2D eigenvalue weighted by Gasteiger charge is -2.33. The molecule has 1 aliphatic heterocycles. The van der Waals surface area contributed by atoms with Crippen LogP contribution in [0.2, 0.25) is 0 Å². The van der Waals surface area contributed by atoms with Crippen LogP contribution in [0.4, 0.5) is 13.2 Å². The molecule has 1 amide bonds. The van der Waals surface area contributed by atoms with E-state index >= 15 is 0 Å². The van der Waals surface area contributed by atoms with Crippen LogP contribution in [0.15, 0.2) is 48.5 Å². The number of benzene rings is 2. The van der Waals surface area contributed by atoms with E-state index in [2.05, 4.69) is 10.2 Å². The van der Waals surface area contributed by atoms with E-state index in [0.717, 1.165) is 61.2 Å². The Bertz CT molecular complexity index is 1100. The second-order valence-corrected chi connectivity index (χ2v) is 11.4. The van der Waals surface area contributed by atoms with Crippen molar-refractivity contribution in [3.05, 3.63) is 59.7 Å². The molecule has 38 heavy (non-hydrogen) atoms. The summed E-state index contributed by atoms with van der Waals surface area (Å²) in [5, 5.41) is 2.19. The van der Waals surface area contributed by atoms with E-state index in [-0.39, 0.29) is 11.9 Å². The summed E-state index contributed by atoms with van der Waals surface area (Å²) in [6.45, 7) is 6.67. The predicted octanol–water partition coefficient (Wildman–Crippen LogP) is 5.86. The number of piperidine rings is 1. The fourth-order valence-corrected chi connectivity index (χ4v) is 5.79. The third-order valence-corrected chi connectivity index (χ3v) is 7.50. The molecule has 8 heteroatoms. The summed E-state index contributed by atoms with van der Waals surface area (Å²) in [5.74, 6) is -0.828. The highest BCUT2D eigenvalue weighted by Gasteiger charge is 2.49. The van der Waals surface area contributed by atoms with Crippen molar-refractivity contribution < 1.29 is 27.5 Å². The number of esters is 1. The average molecular weight is 531 g/mol. The minimum absolute atomic E-state index is 0.0856. The van der Waals surface area contributed by atoms with Gasteiger partial charge in [-0.2, -0.15) is 13.2 Å². The lowest BCUT2D eigenvalue weighted by molar-refractivity contribution is -0.161. The van der Waals surface area contributed by atoms with Crippen LogP contribution in [0.25, 0.3) is 11.1 Å². The maximum atomic E-state index is 13.6. The van der Waals surface area contributed by atoms with Crippen molar-refractivity contribution in [2.24, 2.45) is 5.92 Å². The van der Waals surface area contributed by atoms with Gasteiger partial charge in [0.15, 0.2) is 0 Å². The Morgan fingerprint density at radius 2 is 1.50 bits per heavy atom. The Hall–Kier alpha value is -2.87. The SMILES string of the molecule is CC(C)(C)OC(=O)C1CCN(CCCCC2(C(=O)NCC(F)(F)F)c3ccccc3-c3ccccc32)CC1. The molecule has 0 spiro atoms. The summed E-state index contributed by atoms with van der Waals surface area (Å²) in [6.07, 6.45) is -1.10. The molecule has 2 aliphatic rings. The number of alkyl halides is 3. The second kappa shape index (κ2) is 11.1. The zero-order valence-electron chi connectivity index (χ0n) is 22.4. The molecular weight excluding hydrogens is 493 g/mol. The van der Waals surface area contributed by atoms with Crippen LogP contribution < -0.4 is 5.32 Å². The van der Waals surface area contributed by atoms with E-state index in [1.807, 2.05) is 69.3 Å². The molecule has 4 rings (SSSR count). The number of likely N-dealkylation sites (tertiary alicyclic amines) is 1. The molecule has 0 atom stereocenters. The zero-order chi connectivity index (χ0) is 27.6. The number of amides is 1. The minimum Gasteiger partial charge on any atom is -0.460 e. The molecule has 5 nitrogen and oxygen atoms in total. The van der Waals surface area contributed by atoms with Gasteiger partial charge in [0.1, 0.15) is 17.6 Å². The molecule has 0 unspecified atom stereocenters. The number of hydrogen-bond acceptors (Lipinski definition) is 4. The van der Waals surface area contributed by atoms with Crippen molar-refractivity contribution in [3.63, 3.8) is 0 Å². The molecular formula is C30H37F3N2O3. The van der Waals surface area contributed by atoms with Gasteiger partial charge in [0.2, 0.25) is 5.91 Å². The Kier molecular flexibility index (Phi) is 8.21. The molecule has 206 valence electrons. The van der Waals surface area contributed by atoms with Crippen molar-refractivity contribution in [1.29, 1.82) is 0 Å². The molecule has 0 bridgehead atoms. The van der Waals surface area contributed by atoms with Crippen LogP contribution in [-0.4, -0.2) is 54.7 Å². The quantitative estimate of drug-likeness (QED) is 0.343. The van der Waals surface area contributed by atoms with Crippen LogP contribution in [0.3, 0.4) is 0 Å². The standard InChI is InChI=1S/C30H37F3N2O3/c1-28(2,3)38-26(36)21-14-18-35(19-15-21)17-9-8-16-29(27(37)34-20-30(31,32)33)24-12-6-4-10-22(24)23-11-5-7-13-25(23)29/h4-7,10-13,21H,8-9,14-20H2,1-3H3,(H,34,37). The first-order chi connectivity index (χ1) is 17.9. The van der Waals surface area contributed by atoms with E-state index in [0.29, 0.717) is 12.8 Å². The molecule has 2 aromatic rings. The maximum Gasteiger partial charge on any atom is 0.405 e. The molecule has 0 radical (unpaired) electrons. The highest BCUT2D eigenvalue weighted by Crippen LogP contribution is 2.51. The van der Waals surface area contributed by atoms with Crippen LogP contribution in [0.5, 0.6) is 0 Å². The third-order valence-electron chi connectivity index (χ3n) is 7.50. The van der Waals surface area contributed by atoms with Crippen molar-refractivity contribution in [2.45, 2.75) is 70.1 Å². The summed E-state index contributed by atoms with van der Waals surface area (Å²) >= 11 is 0. The van der Waals surface area contributed by atoms with Gasteiger partial charge in [-0.25, -0.2) is 0 Å². The van der Waals surface area contributed by atoms with Gasteiger partial charge in [0.25, 0.3) is 0 Å². The first-order valence-corrected chi connectivity index (χ1v) is 13.4. The molecule has 2 aromatic carbocycles.